The number of quaternary nitrogens is 1. The normalized spacial score (nSPS) is 12.7. The average molecular weight is 304 g/mol. The number of nitrogens with two attached hydrogens (primary N) is 1. The maximum absolute atomic E-state index is 12.7. The molecule has 2 aromatic rings. The van der Waals surface area contributed by atoms with Crippen molar-refractivity contribution in [2.75, 3.05) is 20.3 Å². The fraction of sp³-hybridized carbons (Fsp3) is 0.529. The van der Waals surface area contributed by atoms with Crippen molar-refractivity contribution in [1.29, 1.82) is 0 Å². The molecule has 0 saturated carbocycles. The number of unbranched alkanes of at least 4 members (excludes halogenated alkanes) is 1. The van der Waals surface area contributed by atoms with Crippen molar-refractivity contribution in [3.8, 4) is 0 Å². The Morgan fingerprint density at radius 1 is 1.36 bits per heavy atom. The van der Waals surface area contributed by atoms with Gasteiger partial charge in [-0.05, 0) is 25.5 Å². The largest absolute Gasteiger partial charge is 0.383 e. The number of methoxy groups -OCH3 is 1. The minimum atomic E-state index is 0.0217. The Hall–Kier alpha value is -1.72. The summed E-state index contributed by atoms with van der Waals surface area (Å²) in [6.07, 6.45) is 2.34. The number of benzene rings is 1. The lowest BCUT2D eigenvalue weighted by Crippen LogP contribution is -2.85. The van der Waals surface area contributed by atoms with Crippen LogP contribution < -0.4 is 10.9 Å². The number of hydrogen-bond donors (Lipinski definition) is 1. The van der Waals surface area contributed by atoms with E-state index in [0.717, 1.165) is 17.9 Å². The van der Waals surface area contributed by atoms with E-state index in [1.165, 1.54) is 12.8 Å². The molecule has 120 valence electrons. The van der Waals surface area contributed by atoms with Crippen molar-refractivity contribution in [1.82, 2.24) is 9.55 Å². The van der Waals surface area contributed by atoms with E-state index in [-0.39, 0.29) is 11.6 Å². The molecule has 22 heavy (non-hydrogen) atoms. The van der Waals surface area contributed by atoms with E-state index in [0.29, 0.717) is 18.5 Å². The molecule has 2 N–H and O–H groups in total. The summed E-state index contributed by atoms with van der Waals surface area (Å²) in [4.78, 5) is 17.5. The van der Waals surface area contributed by atoms with E-state index in [9.17, 15) is 4.79 Å². The molecular formula is C17H26N3O2+. The second kappa shape index (κ2) is 8.06. The van der Waals surface area contributed by atoms with E-state index < -0.39 is 0 Å². The summed E-state index contributed by atoms with van der Waals surface area (Å²) in [5.41, 5.74) is 0.792. The first-order valence-corrected chi connectivity index (χ1v) is 8.00. The number of fused-ring (bicyclic) bond motifs is 1. The van der Waals surface area contributed by atoms with Gasteiger partial charge in [-0.3, -0.25) is 9.36 Å². The van der Waals surface area contributed by atoms with E-state index in [4.69, 9.17) is 9.72 Å². The minimum absolute atomic E-state index is 0.0217. The zero-order valence-electron chi connectivity index (χ0n) is 13.7. The van der Waals surface area contributed by atoms with Gasteiger partial charge in [-0.1, -0.05) is 25.5 Å². The highest BCUT2D eigenvalue weighted by Gasteiger charge is 2.18. The monoisotopic (exact) mass is 304 g/mol. The van der Waals surface area contributed by atoms with Crippen LogP contribution in [0.4, 0.5) is 0 Å². The van der Waals surface area contributed by atoms with Gasteiger partial charge >= 0.3 is 0 Å². The van der Waals surface area contributed by atoms with Crippen LogP contribution >= 0.6 is 0 Å². The third kappa shape index (κ3) is 3.72. The third-order valence-electron chi connectivity index (χ3n) is 3.90. The SMILES string of the molecule is CCCC[NH2+][C@@H](C)c1nc2ccccc2c(=O)n1CCOC. The van der Waals surface area contributed by atoms with E-state index in [2.05, 4.69) is 19.2 Å². The smallest absolute Gasteiger partial charge is 0.261 e. The topological polar surface area (TPSA) is 60.7 Å². The standard InChI is InChI=1S/C17H25N3O2/c1-4-5-10-18-13(2)16-19-15-9-7-6-8-14(15)17(21)20(16)11-12-22-3/h6-9,13,18H,4-5,10-12H2,1-3H3/p+1/t13-/m0/s1. The number of aromatic nitrogens is 2. The molecule has 1 aromatic heterocycles. The van der Waals surface area contributed by atoms with E-state index in [1.54, 1.807) is 11.7 Å². The molecule has 0 aliphatic heterocycles. The Balaban J connectivity index is 2.42. The van der Waals surface area contributed by atoms with Crippen LogP contribution in [-0.2, 0) is 11.3 Å². The minimum Gasteiger partial charge on any atom is -0.383 e. The summed E-state index contributed by atoms with van der Waals surface area (Å²) in [5, 5.41) is 2.92. The fourth-order valence-corrected chi connectivity index (χ4v) is 2.61. The number of hydrogen-bond acceptors (Lipinski definition) is 3. The summed E-state index contributed by atoms with van der Waals surface area (Å²) in [7, 11) is 1.65. The zero-order chi connectivity index (χ0) is 15.9. The molecule has 0 aliphatic rings. The molecular weight excluding hydrogens is 278 g/mol. The van der Waals surface area contributed by atoms with Crippen molar-refractivity contribution < 1.29 is 10.1 Å². The van der Waals surface area contributed by atoms with Gasteiger partial charge in [0.1, 0.15) is 6.04 Å². The van der Waals surface area contributed by atoms with Gasteiger partial charge in [0, 0.05) is 7.11 Å². The number of para-hydroxylation sites is 1. The number of ether oxygens (including phenoxy) is 1. The quantitative estimate of drug-likeness (QED) is 0.751. The molecule has 1 atom stereocenters. The highest BCUT2D eigenvalue weighted by molar-refractivity contribution is 5.77. The molecule has 2 rings (SSSR count). The molecule has 0 fully saturated rings. The Labute approximate surface area is 131 Å². The van der Waals surface area contributed by atoms with Crippen molar-refractivity contribution in [3.05, 3.63) is 40.4 Å². The predicted molar refractivity (Wildman–Crippen MR) is 88.0 cm³/mol. The lowest BCUT2D eigenvalue weighted by molar-refractivity contribution is -0.694. The molecule has 0 bridgehead atoms. The van der Waals surface area contributed by atoms with Crippen LogP contribution in [0.1, 0.15) is 38.6 Å². The molecule has 0 radical (unpaired) electrons. The van der Waals surface area contributed by atoms with Crippen LogP contribution in [0.25, 0.3) is 10.9 Å². The van der Waals surface area contributed by atoms with Crippen molar-refractivity contribution in [2.45, 2.75) is 39.3 Å². The summed E-state index contributed by atoms with van der Waals surface area (Å²) in [5.74, 6) is 0.830. The Kier molecular flexibility index (Phi) is 6.10. The highest BCUT2D eigenvalue weighted by Crippen LogP contribution is 2.11. The molecule has 1 heterocycles. The first-order valence-electron chi connectivity index (χ1n) is 8.00. The Bertz CT molecular complexity index is 666. The van der Waals surface area contributed by atoms with Crippen LogP contribution in [0.15, 0.2) is 29.1 Å². The Morgan fingerprint density at radius 3 is 2.86 bits per heavy atom. The lowest BCUT2D eigenvalue weighted by Gasteiger charge is -2.17. The molecule has 5 nitrogen and oxygen atoms in total. The van der Waals surface area contributed by atoms with Crippen LogP contribution in [0.5, 0.6) is 0 Å². The lowest BCUT2D eigenvalue weighted by atomic mass is 10.2. The first-order chi connectivity index (χ1) is 10.7. The van der Waals surface area contributed by atoms with Gasteiger partial charge in [0.15, 0.2) is 5.82 Å². The van der Waals surface area contributed by atoms with Gasteiger partial charge in [0.25, 0.3) is 5.56 Å². The summed E-state index contributed by atoms with van der Waals surface area (Å²) >= 11 is 0. The van der Waals surface area contributed by atoms with Crippen LogP contribution in [0.2, 0.25) is 0 Å². The maximum Gasteiger partial charge on any atom is 0.261 e. The van der Waals surface area contributed by atoms with Gasteiger partial charge in [-0.2, -0.15) is 0 Å². The fourth-order valence-electron chi connectivity index (χ4n) is 2.61. The van der Waals surface area contributed by atoms with Crippen molar-refractivity contribution in [3.63, 3.8) is 0 Å². The number of nitrogens with zero attached hydrogens (tertiary/aromatic N) is 2. The molecule has 5 heteroatoms. The molecule has 0 spiro atoms. The van der Waals surface area contributed by atoms with Gasteiger partial charge < -0.3 is 10.1 Å². The molecule has 0 unspecified atom stereocenters. The molecule has 0 amide bonds. The summed E-state index contributed by atoms with van der Waals surface area (Å²) < 4.78 is 6.91. The van der Waals surface area contributed by atoms with Gasteiger partial charge in [0.2, 0.25) is 0 Å². The second-order valence-electron chi connectivity index (χ2n) is 5.60. The molecule has 0 saturated heterocycles. The second-order valence-corrected chi connectivity index (χ2v) is 5.60. The predicted octanol–water partition coefficient (Wildman–Crippen LogP) is 1.47. The van der Waals surface area contributed by atoms with E-state index in [1.807, 2.05) is 24.3 Å². The van der Waals surface area contributed by atoms with Gasteiger partial charge in [-0.15, -0.1) is 0 Å². The summed E-state index contributed by atoms with van der Waals surface area (Å²) in [6.45, 7) is 6.38. The molecule has 0 aliphatic carbocycles. The highest BCUT2D eigenvalue weighted by atomic mass is 16.5. The van der Waals surface area contributed by atoms with Crippen LogP contribution in [0, 0.1) is 0 Å². The van der Waals surface area contributed by atoms with Crippen molar-refractivity contribution in [2.24, 2.45) is 0 Å². The maximum atomic E-state index is 12.7. The van der Waals surface area contributed by atoms with Crippen molar-refractivity contribution >= 4 is 10.9 Å². The van der Waals surface area contributed by atoms with E-state index >= 15 is 0 Å². The third-order valence-corrected chi connectivity index (χ3v) is 3.90. The number of rotatable bonds is 8. The zero-order valence-corrected chi connectivity index (χ0v) is 13.7. The van der Waals surface area contributed by atoms with Crippen LogP contribution in [0.3, 0.4) is 0 Å². The summed E-state index contributed by atoms with van der Waals surface area (Å²) in [6, 6.07) is 7.69. The van der Waals surface area contributed by atoms with Crippen LogP contribution in [-0.4, -0.2) is 29.8 Å². The first kappa shape index (κ1) is 16.6. The van der Waals surface area contributed by atoms with Gasteiger partial charge in [-0.25, -0.2) is 4.98 Å². The van der Waals surface area contributed by atoms with Gasteiger partial charge in [0.05, 0.1) is 30.6 Å². The Morgan fingerprint density at radius 2 is 2.14 bits per heavy atom. The molecule has 1 aromatic carbocycles. The average Bonchev–Trinajstić information content (AvgIpc) is 2.54.